The van der Waals surface area contributed by atoms with Crippen molar-refractivity contribution in [1.29, 1.82) is 0 Å². The largest absolute Gasteiger partial charge is 0.467 e. The van der Waals surface area contributed by atoms with Gasteiger partial charge in [-0.3, -0.25) is 4.79 Å². The summed E-state index contributed by atoms with van der Waals surface area (Å²) in [5, 5.41) is 8.14. The smallest absolute Gasteiger partial charge is 0.341 e. The minimum absolute atomic E-state index is 0.0233. The van der Waals surface area contributed by atoms with Gasteiger partial charge >= 0.3 is 12.0 Å². The van der Waals surface area contributed by atoms with E-state index in [1.807, 2.05) is 0 Å². The third-order valence-electron chi connectivity index (χ3n) is 3.28. The number of methoxy groups -OCH3 is 1. The molecule has 0 heterocycles. The number of ether oxygens (including phenoxy) is 1. The normalized spacial score (nSPS) is 13.2. The highest BCUT2D eigenvalue weighted by Gasteiger charge is 2.31. The number of esters is 1. The van der Waals surface area contributed by atoms with Crippen molar-refractivity contribution in [1.82, 2.24) is 15.6 Å². The van der Waals surface area contributed by atoms with E-state index in [9.17, 15) is 19.3 Å². The molecule has 24 heavy (non-hydrogen) atoms. The fourth-order valence-electron chi connectivity index (χ4n) is 1.87. The van der Waals surface area contributed by atoms with Gasteiger partial charge in [0.15, 0.2) is 0 Å². The first kappa shape index (κ1) is 22.1. The molecule has 2 atom stereocenters. The van der Waals surface area contributed by atoms with E-state index in [4.69, 9.17) is 11.6 Å². The number of nitroso groups, excluding NO2 is 1. The first-order valence-corrected chi connectivity index (χ1v) is 8.08. The van der Waals surface area contributed by atoms with Crippen LogP contribution < -0.4 is 10.6 Å². The maximum Gasteiger partial charge on any atom is 0.341 e. The Bertz CT molecular complexity index is 458. The highest BCUT2D eigenvalue weighted by atomic mass is 35.5. The molecule has 0 saturated carbocycles. The molecule has 0 saturated heterocycles. The van der Waals surface area contributed by atoms with Crippen LogP contribution in [0.25, 0.3) is 0 Å². The van der Waals surface area contributed by atoms with Crippen LogP contribution in [0.3, 0.4) is 0 Å². The zero-order valence-electron chi connectivity index (χ0n) is 14.5. The van der Waals surface area contributed by atoms with Crippen LogP contribution in [0.5, 0.6) is 0 Å². The predicted octanol–water partition coefficient (Wildman–Crippen LogP) is 1.26. The second-order valence-electron chi connectivity index (χ2n) is 5.82. The summed E-state index contributed by atoms with van der Waals surface area (Å²) in [5.41, 5.74) is 0. The molecule has 10 heteroatoms. The predicted molar refractivity (Wildman–Crippen MR) is 89.2 cm³/mol. The molecule has 0 bridgehead atoms. The molecule has 0 aliphatic carbocycles. The average Bonchev–Trinajstić information content (AvgIpc) is 2.53. The molecule has 0 aromatic heterocycles. The number of nitrogens with one attached hydrogen (secondary N) is 2. The van der Waals surface area contributed by atoms with Crippen LogP contribution in [-0.2, 0) is 14.3 Å². The Hall–Kier alpha value is -1.90. The second kappa shape index (κ2) is 10.8. The molecule has 0 aliphatic rings. The standard InChI is InChI=1S/C14H25ClN4O5/c1-8(2)10(17-14(22)19(18-23)7-6-15)12(20)16-11(9(3)4)13(21)24-5/h8-11H,6-7H2,1-5H3,(H,16,20)(H,17,22)/t10-,11-/m0/s1. The van der Waals surface area contributed by atoms with Gasteiger partial charge in [0.1, 0.15) is 12.1 Å². The molecule has 138 valence electrons. The van der Waals surface area contributed by atoms with Crippen LogP contribution in [0, 0.1) is 16.7 Å². The minimum Gasteiger partial charge on any atom is -0.467 e. The van der Waals surface area contributed by atoms with E-state index in [1.54, 1.807) is 27.7 Å². The van der Waals surface area contributed by atoms with Gasteiger partial charge in [-0.15, -0.1) is 16.5 Å². The third-order valence-corrected chi connectivity index (χ3v) is 3.45. The van der Waals surface area contributed by atoms with E-state index in [-0.39, 0.29) is 24.3 Å². The molecule has 0 aromatic carbocycles. The Morgan fingerprint density at radius 3 is 2.00 bits per heavy atom. The minimum atomic E-state index is -0.956. The fourth-order valence-corrected chi connectivity index (χ4v) is 2.03. The Kier molecular flexibility index (Phi) is 9.94. The van der Waals surface area contributed by atoms with Gasteiger partial charge in [-0.25, -0.2) is 9.59 Å². The maximum absolute atomic E-state index is 12.4. The number of hydrogen-bond donors (Lipinski definition) is 2. The van der Waals surface area contributed by atoms with Gasteiger partial charge in [-0.2, -0.15) is 5.01 Å². The molecular formula is C14H25ClN4O5. The lowest BCUT2D eigenvalue weighted by molar-refractivity contribution is -0.146. The number of carbonyl (C=O) groups is 3. The summed E-state index contributed by atoms with van der Waals surface area (Å²) in [6.45, 7) is 6.85. The molecule has 3 amide bonds. The molecule has 0 radical (unpaired) electrons. The number of halogens is 1. The van der Waals surface area contributed by atoms with Crippen molar-refractivity contribution in [3.63, 3.8) is 0 Å². The summed E-state index contributed by atoms with van der Waals surface area (Å²) in [7, 11) is 1.23. The summed E-state index contributed by atoms with van der Waals surface area (Å²) in [5.74, 6) is -1.60. The highest BCUT2D eigenvalue weighted by Crippen LogP contribution is 2.08. The van der Waals surface area contributed by atoms with Crippen molar-refractivity contribution in [2.75, 3.05) is 19.5 Å². The summed E-state index contributed by atoms with van der Waals surface area (Å²) >= 11 is 5.48. The molecule has 0 rings (SSSR count). The third kappa shape index (κ3) is 6.69. The number of carbonyl (C=O) groups excluding carboxylic acids is 3. The summed E-state index contributed by atoms with van der Waals surface area (Å²) < 4.78 is 4.66. The van der Waals surface area contributed by atoms with Crippen molar-refractivity contribution in [3.05, 3.63) is 4.91 Å². The van der Waals surface area contributed by atoms with E-state index in [1.165, 1.54) is 7.11 Å². The molecule has 0 aliphatic heterocycles. The van der Waals surface area contributed by atoms with Gasteiger partial charge in [-0.05, 0) is 11.8 Å². The average molecular weight is 365 g/mol. The lowest BCUT2D eigenvalue weighted by atomic mass is 10.0. The summed E-state index contributed by atoms with van der Waals surface area (Å²) in [6.07, 6.45) is 0. The van der Waals surface area contributed by atoms with Crippen molar-refractivity contribution >= 4 is 29.5 Å². The molecule has 0 aromatic rings. The SMILES string of the molecule is COC(=O)[C@@H](NC(=O)[C@@H](NC(=O)N(CCCl)N=O)C(C)C)C(C)C. The van der Waals surface area contributed by atoms with Gasteiger partial charge in [0.05, 0.1) is 18.9 Å². The van der Waals surface area contributed by atoms with Gasteiger partial charge < -0.3 is 15.4 Å². The van der Waals surface area contributed by atoms with Gasteiger partial charge in [-0.1, -0.05) is 27.7 Å². The molecule has 2 N–H and O–H groups in total. The molecule has 0 unspecified atom stereocenters. The van der Waals surface area contributed by atoms with Gasteiger partial charge in [0.2, 0.25) is 5.91 Å². The molecular weight excluding hydrogens is 340 g/mol. The van der Waals surface area contributed by atoms with Crippen molar-refractivity contribution in [2.45, 2.75) is 39.8 Å². The van der Waals surface area contributed by atoms with E-state index in [0.717, 1.165) is 0 Å². The number of hydrogen-bond acceptors (Lipinski definition) is 6. The monoisotopic (exact) mass is 364 g/mol. The maximum atomic E-state index is 12.4. The quantitative estimate of drug-likeness (QED) is 0.276. The summed E-state index contributed by atoms with van der Waals surface area (Å²) in [4.78, 5) is 46.8. The zero-order chi connectivity index (χ0) is 18.9. The van der Waals surface area contributed by atoms with Crippen LogP contribution in [0.1, 0.15) is 27.7 Å². The van der Waals surface area contributed by atoms with Crippen molar-refractivity contribution in [2.24, 2.45) is 17.1 Å². The topological polar surface area (TPSA) is 117 Å². The van der Waals surface area contributed by atoms with Crippen molar-refractivity contribution < 1.29 is 19.1 Å². The fraction of sp³-hybridized carbons (Fsp3) is 0.786. The van der Waals surface area contributed by atoms with Crippen LogP contribution in [0.4, 0.5) is 4.79 Å². The number of rotatable bonds is 9. The summed E-state index contributed by atoms with van der Waals surface area (Å²) in [6, 6.07) is -2.63. The van der Waals surface area contributed by atoms with Crippen LogP contribution in [0.2, 0.25) is 0 Å². The highest BCUT2D eigenvalue weighted by molar-refractivity contribution is 6.18. The van der Waals surface area contributed by atoms with Crippen LogP contribution in [0.15, 0.2) is 5.29 Å². The Labute approximate surface area is 146 Å². The number of nitrogens with zero attached hydrogens (tertiary/aromatic N) is 2. The molecule has 9 nitrogen and oxygen atoms in total. The zero-order valence-corrected chi connectivity index (χ0v) is 15.3. The van der Waals surface area contributed by atoms with E-state index in [0.29, 0.717) is 5.01 Å². The Morgan fingerprint density at radius 1 is 1.08 bits per heavy atom. The Morgan fingerprint density at radius 2 is 1.62 bits per heavy atom. The number of alkyl halides is 1. The van der Waals surface area contributed by atoms with Crippen LogP contribution in [-0.4, -0.2) is 54.5 Å². The van der Waals surface area contributed by atoms with Gasteiger partial charge in [0, 0.05) is 5.88 Å². The first-order valence-electron chi connectivity index (χ1n) is 7.55. The van der Waals surface area contributed by atoms with E-state index >= 15 is 0 Å². The van der Waals surface area contributed by atoms with E-state index in [2.05, 4.69) is 20.7 Å². The molecule has 0 spiro atoms. The van der Waals surface area contributed by atoms with Gasteiger partial charge in [0.25, 0.3) is 0 Å². The second-order valence-corrected chi connectivity index (χ2v) is 6.20. The van der Waals surface area contributed by atoms with Crippen LogP contribution >= 0.6 is 11.6 Å². The lowest BCUT2D eigenvalue weighted by Crippen LogP contribution is -2.56. The lowest BCUT2D eigenvalue weighted by Gasteiger charge is -2.27. The van der Waals surface area contributed by atoms with E-state index < -0.39 is 30.0 Å². The first-order chi connectivity index (χ1) is 11.2. The molecule has 0 fully saturated rings. The number of urea groups is 1. The van der Waals surface area contributed by atoms with Crippen molar-refractivity contribution in [3.8, 4) is 0 Å². The number of amides is 3. The Balaban J connectivity index is 5.10.